The van der Waals surface area contributed by atoms with Gasteiger partial charge in [0.2, 0.25) is 0 Å². The minimum absolute atomic E-state index is 0.747. The maximum atomic E-state index is 3.99. The van der Waals surface area contributed by atoms with Gasteiger partial charge in [0.05, 0.1) is 0 Å². The van der Waals surface area contributed by atoms with Crippen LogP contribution in [0.15, 0.2) is 183 Å². The molecule has 0 saturated carbocycles. The Kier molecular flexibility index (Phi) is 11.9. The van der Waals surface area contributed by atoms with E-state index in [9.17, 15) is 0 Å². The zero-order valence-electron chi connectivity index (χ0n) is 31.1. The minimum Gasteiger partial charge on any atom is -0.311 e. The summed E-state index contributed by atoms with van der Waals surface area (Å²) in [7, 11) is 0. The number of allylic oxidation sites excluding steroid dienone is 5. The molecule has 6 aromatic rings. The maximum absolute atomic E-state index is 3.99. The summed E-state index contributed by atoms with van der Waals surface area (Å²) >= 11 is 0. The van der Waals surface area contributed by atoms with Crippen LogP contribution in [0.3, 0.4) is 0 Å². The lowest BCUT2D eigenvalue weighted by molar-refractivity contribution is 0.439. The Hall–Kier alpha value is -5.66. The molecule has 1 heteroatoms. The van der Waals surface area contributed by atoms with Crippen molar-refractivity contribution >= 4 is 22.6 Å². The van der Waals surface area contributed by atoms with Crippen molar-refractivity contribution in [2.24, 2.45) is 5.92 Å². The van der Waals surface area contributed by atoms with Crippen molar-refractivity contribution < 1.29 is 0 Å². The molecule has 7 rings (SSSR count). The highest BCUT2D eigenvalue weighted by atomic mass is 15.1. The molecule has 1 aliphatic carbocycles. The second kappa shape index (κ2) is 17.7. The van der Waals surface area contributed by atoms with E-state index in [0.29, 0.717) is 0 Å². The third-order valence-electron chi connectivity index (χ3n) is 10.6. The van der Waals surface area contributed by atoms with Gasteiger partial charge in [-0.15, -0.1) is 6.58 Å². The maximum Gasteiger partial charge on any atom is 0.0462 e. The van der Waals surface area contributed by atoms with Crippen LogP contribution in [-0.4, -0.2) is 0 Å². The topological polar surface area (TPSA) is 3.24 Å². The Labute approximate surface area is 317 Å². The summed E-state index contributed by atoms with van der Waals surface area (Å²) in [5.41, 5.74) is 14.8. The lowest BCUT2D eigenvalue weighted by Crippen LogP contribution is -2.10. The van der Waals surface area contributed by atoms with Crippen LogP contribution >= 0.6 is 0 Å². The van der Waals surface area contributed by atoms with Gasteiger partial charge in [-0.05, 0) is 125 Å². The Morgan fingerprint density at radius 1 is 0.547 bits per heavy atom. The number of rotatable bonds is 15. The first-order chi connectivity index (χ1) is 26.2. The molecule has 0 amide bonds. The highest BCUT2D eigenvalue weighted by molar-refractivity contribution is 5.82. The summed E-state index contributed by atoms with van der Waals surface area (Å²) in [6.07, 6.45) is 18.6. The van der Waals surface area contributed by atoms with Crippen LogP contribution in [0.1, 0.15) is 63.0 Å². The van der Waals surface area contributed by atoms with Crippen molar-refractivity contribution in [1.29, 1.82) is 0 Å². The lowest BCUT2D eigenvalue weighted by Gasteiger charge is -2.26. The molecule has 264 valence electrons. The van der Waals surface area contributed by atoms with Crippen LogP contribution in [0, 0.1) is 5.92 Å². The summed E-state index contributed by atoms with van der Waals surface area (Å²) in [4.78, 5) is 2.35. The predicted molar refractivity (Wildman–Crippen MR) is 230 cm³/mol. The third kappa shape index (κ3) is 9.05. The van der Waals surface area contributed by atoms with Crippen molar-refractivity contribution in [2.75, 3.05) is 4.90 Å². The zero-order valence-corrected chi connectivity index (χ0v) is 31.1. The number of benzene rings is 6. The van der Waals surface area contributed by atoms with Crippen molar-refractivity contribution in [2.45, 2.75) is 58.3 Å². The van der Waals surface area contributed by atoms with E-state index in [0.717, 1.165) is 48.7 Å². The van der Waals surface area contributed by atoms with Gasteiger partial charge in [0.15, 0.2) is 0 Å². The number of unbranched alkanes of at least 4 members (excludes halogenated alkanes) is 1. The number of hydrogen-bond acceptors (Lipinski definition) is 1. The molecule has 0 fully saturated rings. The van der Waals surface area contributed by atoms with E-state index in [4.69, 9.17) is 0 Å². The molecule has 1 nitrogen and oxygen atoms in total. The van der Waals surface area contributed by atoms with Crippen LogP contribution < -0.4 is 4.90 Å². The summed E-state index contributed by atoms with van der Waals surface area (Å²) in [5.74, 6) is 0.747. The highest BCUT2D eigenvalue weighted by Gasteiger charge is 2.14. The van der Waals surface area contributed by atoms with E-state index in [2.05, 4.69) is 194 Å². The quantitative estimate of drug-likeness (QED) is 0.0970. The smallest absolute Gasteiger partial charge is 0.0462 e. The third-order valence-corrected chi connectivity index (χ3v) is 10.6. The van der Waals surface area contributed by atoms with Crippen molar-refractivity contribution in [3.63, 3.8) is 0 Å². The molecule has 0 N–H and O–H groups in total. The predicted octanol–water partition coefficient (Wildman–Crippen LogP) is 15.2. The fourth-order valence-electron chi connectivity index (χ4n) is 7.51. The van der Waals surface area contributed by atoms with Crippen LogP contribution in [0.5, 0.6) is 0 Å². The molecule has 0 aromatic heterocycles. The second-order valence-corrected chi connectivity index (χ2v) is 14.3. The molecular weight excluding hydrogens is 639 g/mol. The van der Waals surface area contributed by atoms with E-state index in [1.54, 1.807) is 0 Å². The fourth-order valence-corrected chi connectivity index (χ4v) is 7.51. The van der Waals surface area contributed by atoms with Crippen LogP contribution in [0.25, 0.3) is 39.0 Å². The molecule has 53 heavy (non-hydrogen) atoms. The Balaban J connectivity index is 1.09. The normalized spacial score (nSPS) is 13.0. The number of hydrogen-bond donors (Lipinski definition) is 0. The largest absolute Gasteiger partial charge is 0.311 e. The fraction of sp³-hybridized carbons (Fsp3) is 0.192. The first kappa shape index (κ1) is 35.7. The summed E-state index contributed by atoms with van der Waals surface area (Å²) in [5, 5.41) is 0. The number of anilines is 3. The molecule has 0 bridgehead atoms. The molecule has 0 radical (unpaired) electrons. The molecule has 0 heterocycles. The second-order valence-electron chi connectivity index (χ2n) is 14.3. The van der Waals surface area contributed by atoms with Gasteiger partial charge in [0.25, 0.3) is 0 Å². The van der Waals surface area contributed by atoms with Gasteiger partial charge in [0, 0.05) is 17.1 Å². The molecule has 1 unspecified atom stereocenters. The first-order valence-corrected chi connectivity index (χ1v) is 19.5. The van der Waals surface area contributed by atoms with Crippen molar-refractivity contribution in [1.82, 2.24) is 0 Å². The summed E-state index contributed by atoms with van der Waals surface area (Å²) in [6, 6.07) is 55.7. The van der Waals surface area contributed by atoms with E-state index in [1.165, 1.54) is 75.8 Å². The molecule has 6 aromatic carbocycles. The van der Waals surface area contributed by atoms with E-state index in [1.807, 2.05) is 0 Å². The molecule has 0 spiro atoms. The minimum atomic E-state index is 0.747. The van der Waals surface area contributed by atoms with Gasteiger partial charge in [-0.1, -0.05) is 166 Å². The monoisotopic (exact) mass is 689 g/mol. The standard InChI is InChI=1S/C52H51N/c1-3-5-13-40(12-4-2)18-19-41-20-22-44(23-21-41)45-24-26-46(27-25-45)49-32-38-52(39-33-49)53(50-34-28-47(29-35-50)42-14-8-6-9-15-42)51-36-30-48(31-37-51)43-16-10-7-11-17-43/h4,6,8-10,14-17,20-40H,2-3,5,7,11-13,18-19H2,1H3. The summed E-state index contributed by atoms with van der Waals surface area (Å²) < 4.78 is 0. The average Bonchev–Trinajstić information content (AvgIpc) is 3.24. The van der Waals surface area contributed by atoms with Crippen molar-refractivity contribution in [3.05, 3.63) is 194 Å². The van der Waals surface area contributed by atoms with Crippen LogP contribution in [0.2, 0.25) is 0 Å². The molecule has 0 saturated heterocycles. The Morgan fingerprint density at radius 2 is 1.02 bits per heavy atom. The van der Waals surface area contributed by atoms with Gasteiger partial charge in [-0.2, -0.15) is 0 Å². The molecular formula is C52H51N. The van der Waals surface area contributed by atoms with Crippen LogP contribution in [0.4, 0.5) is 17.1 Å². The molecule has 0 aliphatic heterocycles. The van der Waals surface area contributed by atoms with Gasteiger partial charge >= 0.3 is 0 Å². The molecule has 1 atom stereocenters. The van der Waals surface area contributed by atoms with E-state index >= 15 is 0 Å². The number of aryl methyl sites for hydroxylation is 1. The zero-order chi connectivity index (χ0) is 36.2. The average molecular weight is 690 g/mol. The van der Waals surface area contributed by atoms with E-state index < -0.39 is 0 Å². The lowest BCUT2D eigenvalue weighted by atomic mass is 9.91. The van der Waals surface area contributed by atoms with Gasteiger partial charge in [-0.25, -0.2) is 0 Å². The SMILES string of the molecule is C=CCC(CCCC)CCc1ccc(-c2ccc(-c3ccc(N(c4ccc(C5=CCCC=C5)cc4)c4ccc(-c5ccccc5)cc4)cc3)cc2)cc1. The Bertz CT molecular complexity index is 2100. The van der Waals surface area contributed by atoms with Gasteiger partial charge in [0.1, 0.15) is 0 Å². The Morgan fingerprint density at radius 3 is 1.49 bits per heavy atom. The highest BCUT2D eigenvalue weighted by Crippen LogP contribution is 2.38. The first-order valence-electron chi connectivity index (χ1n) is 19.5. The van der Waals surface area contributed by atoms with Gasteiger partial charge < -0.3 is 4.90 Å². The molecule has 1 aliphatic rings. The van der Waals surface area contributed by atoms with E-state index in [-0.39, 0.29) is 0 Å². The summed E-state index contributed by atoms with van der Waals surface area (Å²) in [6.45, 7) is 6.27. The number of nitrogens with zero attached hydrogens (tertiary/aromatic N) is 1. The van der Waals surface area contributed by atoms with Crippen molar-refractivity contribution in [3.8, 4) is 33.4 Å². The van der Waals surface area contributed by atoms with Crippen LogP contribution in [-0.2, 0) is 6.42 Å². The van der Waals surface area contributed by atoms with Gasteiger partial charge in [-0.3, -0.25) is 0 Å².